The third-order valence-electron chi connectivity index (χ3n) is 2.35. The fraction of sp³-hybridized carbons (Fsp3) is 0.182. The molecule has 0 fully saturated rings. The molecule has 2 heterocycles. The fourth-order valence-corrected chi connectivity index (χ4v) is 1.41. The minimum atomic E-state index is -4.54. The molecule has 0 unspecified atom stereocenters. The number of pyridine rings is 1. The van der Waals surface area contributed by atoms with Crippen molar-refractivity contribution >= 4 is 11.7 Å². The first-order valence-corrected chi connectivity index (χ1v) is 5.20. The van der Waals surface area contributed by atoms with Crippen LogP contribution < -0.4 is 5.32 Å². The Morgan fingerprint density at radius 3 is 2.47 bits per heavy atom. The van der Waals surface area contributed by atoms with Crippen molar-refractivity contribution in [3.63, 3.8) is 0 Å². The van der Waals surface area contributed by atoms with E-state index in [2.05, 4.69) is 15.4 Å². The summed E-state index contributed by atoms with van der Waals surface area (Å²) in [5.74, 6) is -0.562. The predicted molar refractivity (Wildman–Crippen MR) is 60.4 cm³/mol. The molecular formula is C11H9F3N4O. The van der Waals surface area contributed by atoms with Crippen LogP contribution in [0.25, 0.3) is 0 Å². The number of rotatable bonds is 2. The first-order valence-electron chi connectivity index (χ1n) is 5.20. The molecule has 0 radical (unpaired) electrons. The lowest BCUT2D eigenvalue weighted by Crippen LogP contribution is -2.14. The van der Waals surface area contributed by atoms with Gasteiger partial charge in [0.25, 0.3) is 5.91 Å². The number of amides is 1. The van der Waals surface area contributed by atoms with Crippen molar-refractivity contribution in [3.8, 4) is 0 Å². The van der Waals surface area contributed by atoms with Gasteiger partial charge in [-0.05, 0) is 12.1 Å². The maximum absolute atomic E-state index is 12.4. The average Bonchev–Trinajstić information content (AvgIpc) is 2.72. The zero-order valence-electron chi connectivity index (χ0n) is 9.77. The fourth-order valence-electron chi connectivity index (χ4n) is 1.41. The van der Waals surface area contributed by atoms with Crippen LogP contribution in [-0.4, -0.2) is 20.7 Å². The summed E-state index contributed by atoms with van der Waals surface area (Å²) in [7, 11) is 1.32. The van der Waals surface area contributed by atoms with E-state index in [-0.39, 0.29) is 5.82 Å². The molecule has 2 aromatic heterocycles. The molecule has 5 nitrogen and oxygen atoms in total. The standard InChI is InChI=1S/C11H9F3N4O/c1-18-9(6-8(17-18)11(12,13)14)16-10(19)7-2-4-15-5-3-7/h2-6H,1H3,(H,16,19). The number of carbonyl (C=O) groups excluding carboxylic acids is 1. The van der Waals surface area contributed by atoms with E-state index in [1.807, 2.05) is 0 Å². The highest BCUT2D eigenvalue weighted by molar-refractivity contribution is 6.03. The Morgan fingerprint density at radius 2 is 1.95 bits per heavy atom. The molecule has 2 rings (SSSR count). The lowest BCUT2D eigenvalue weighted by Gasteiger charge is -2.04. The summed E-state index contributed by atoms with van der Waals surface area (Å²) in [6.07, 6.45) is -1.71. The van der Waals surface area contributed by atoms with Crippen molar-refractivity contribution in [1.82, 2.24) is 14.8 Å². The molecule has 0 aliphatic heterocycles. The third kappa shape index (κ3) is 2.90. The van der Waals surface area contributed by atoms with Crippen LogP contribution in [0, 0.1) is 0 Å². The number of hydrogen-bond donors (Lipinski definition) is 1. The molecule has 2 aromatic rings. The minimum Gasteiger partial charge on any atom is -0.307 e. The summed E-state index contributed by atoms with van der Waals surface area (Å²) in [6.45, 7) is 0. The Hall–Kier alpha value is -2.38. The largest absolute Gasteiger partial charge is 0.435 e. The number of carbonyl (C=O) groups is 1. The molecule has 0 bridgehead atoms. The third-order valence-corrected chi connectivity index (χ3v) is 2.35. The Morgan fingerprint density at radius 1 is 1.32 bits per heavy atom. The zero-order chi connectivity index (χ0) is 14.0. The van der Waals surface area contributed by atoms with Gasteiger partial charge in [0.05, 0.1) is 0 Å². The van der Waals surface area contributed by atoms with Crippen molar-refractivity contribution in [1.29, 1.82) is 0 Å². The van der Waals surface area contributed by atoms with Gasteiger partial charge in [0, 0.05) is 31.1 Å². The number of hydrogen-bond acceptors (Lipinski definition) is 3. The molecule has 100 valence electrons. The van der Waals surface area contributed by atoms with Crippen LogP contribution in [-0.2, 0) is 13.2 Å². The van der Waals surface area contributed by atoms with Crippen molar-refractivity contribution in [2.45, 2.75) is 6.18 Å². The minimum absolute atomic E-state index is 0.0332. The van der Waals surface area contributed by atoms with Crippen molar-refractivity contribution in [2.75, 3.05) is 5.32 Å². The Labute approximate surface area is 106 Å². The average molecular weight is 270 g/mol. The van der Waals surface area contributed by atoms with Crippen LogP contribution in [0.4, 0.5) is 19.0 Å². The van der Waals surface area contributed by atoms with Gasteiger partial charge in [-0.25, -0.2) is 0 Å². The Kier molecular flexibility index (Phi) is 3.24. The number of aromatic nitrogens is 3. The summed E-state index contributed by atoms with van der Waals surface area (Å²) in [5, 5.41) is 5.65. The van der Waals surface area contributed by atoms with Gasteiger partial charge < -0.3 is 5.32 Å². The van der Waals surface area contributed by atoms with Gasteiger partial charge in [-0.2, -0.15) is 18.3 Å². The number of aryl methyl sites for hydroxylation is 1. The smallest absolute Gasteiger partial charge is 0.307 e. The molecule has 1 amide bonds. The maximum Gasteiger partial charge on any atom is 0.435 e. The van der Waals surface area contributed by atoms with E-state index in [9.17, 15) is 18.0 Å². The van der Waals surface area contributed by atoms with E-state index < -0.39 is 17.8 Å². The molecule has 1 N–H and O–H groups in total. The van der Waals surface area contributed by atoms with Crippen molar-refractivity contribution in [2.24, 2.45) is 7.05 Å². The van der Waals surface area contributed by atoms with Gasteiger partial charge in [0.2, 0.25) is 0 Å². The van der Waals surface area contributed by atoms with Crippen LogP contribution in [0.15, 0.2) is 30.6 Å². The summed E-state index contributed by atoms with van der Waals surface area (Å²) in [4.78, 5) is 15.5. The van der Waals surface area contributed by atoms with Crippen molar-refractivity contribution in [3.05, 3.63) is 41.9 Å². The van der Waals surface area contributed by atoms with E-state index >= 15 is 0 Å². The highest BCUT2D eigenvalue weighted by Crippen LogP contribution is 2.29. The maximum atomic E-state index is 12.4. The van der Waals surface area contributed by atoms with Crippen LogP contribution in [0.3, 0.4) is 0 Å². The number of nitrogens with zero attached hydrogens (tertiary/aromatic N) is 3. The van der Waals surface area contributed by atoms with Gasteiger partial charge in [0.1, 0.15) is 5.82 Å². The molecule has 0 saturated heterocycles. The summed E-state index contributed by atoms with van der Waals surface area (Å²) in [6, 6.07) is 3.69. The number of anilines is 1. The molecule has 0 aliphatic rings. The van der Waals surface area contributed by atoms with E-state index in [4.69, 9.17) is 0 Å². The van der Waals surface area contributed by atoms with Crippen LogP contribution >= 0.6 is 0 Å². The van der Waals surface area contributed by atoms with Crippen LogP contribution in [0.5, 0.6) is 0 Å². The highest BCUT2D eigenvalue weighted by atomic mass is 19.4. The summed E-state index contributed by atoms with van der Waals surface area (Å²) >= 11 is 0. The zero-order valence-corrected chi connectivity index (χ0v) is 9.77. The second-order valence-corrected chi connectivity index (χ2v) is 3.73. The highest BCUT2D eigenvalue weighted by Gasteiger charge is 2.34. The SMILES string of the molecule is Cn1nc(C(F)(F)F)cc1NC(=O)c1ccncc1. The van der Waals surface area contributed by atoms with E-state index in [1.54, 1.807) is 0 Å². The van der Waals surface area contributed by atoms with Gasteiger partial charge in [-0.1, -0.05) is 0 Å². The van der Waals surface area contributed by atoms with E-state index in [0.717, 1.165) is 10.7 Å². The Bertz CT molecular complexity index is 592. The molecule has 0 aromatic carbocycles. The molecule has 8 heteroatoms. The monoisotopic (exact) mass is 270 g/mol. The van der Waals surface area contributed by atoms with Gasteiger partial charge in [-0.3, -0.25) is 14.5 Å². The quantitative estimate of drug-likeness (QED) is 0.909. The predicted octanol–water partition coefficient (Wildman–Crippen LogP) is 2.09. The van der Waals surface area contributed by atoms with Crippen molar-refractivity contribution < 1.29 is 18.0 Å². The summed E-state index contributed by atoms with van der Waals surface area (Å²) in [5.41, 5.74) is -0.759. The Balaban J connectivity index is 2.21. The van der Waals surface area contributed by atoms with Gasteiger partial charge >= 0.3 is 6.18 Å². The van der Waals surface area contributed by atoms with Crippen LogP contribution in [0.2, 0.25) is 0 Å². The van der Waals surface area contributed by atoms with E-state index in [1.165, 1.54) is 31.6 Å². The number of nitrogens with one attached hydrogen (secondary N) is 1. The second-order valence-electron chi connectivity index (χ2n) is 3.73. The first-order chi connectivity index (χ1) is 8.88. The second kappa shape index (κ2) is 4.71. The first kappa shape index (κ1) is 13.1. The van der Waals surface area contributed by atoms with Crippen LogP contribution in [0.1, 0.15) is 16.1 Å². The molecule has 0 saturated carbocycles. The lowest BCUT2D eigenvalue weighted by atomic mass is 10.2. The molecular weight excluding hydrogens is 261 g/mol. The number of halogens is 3. The lowest BCUT2D eigenvalue weighted by molar-refractivity contribution is -0.141. The summed E-state index contributed by atoms with van der Waals surface area (Å²) < 4.78 is 38.3. The molecule has 0 spiro atoms. The molecule has 19 heavy (non-hydrogen) atoms. The van der Waals surface area contributed by atoms with Gasteiger partial charge in [-0.15, -0.1) is 0 Å². The molecule has 0 aliphatic carbocycles. The van der Waals surface area contributed by atoms with Gasteiger partial charge in [0.15, 0.2) is 5.69 Å². The topological polar surface area (TPSA) is 59.8 Å². The number of alkyl halides is 3. The normalized spacial score (nSPS) is 11.4. The van der Waals surface area contributed by atoms with E-state index in [0.29, 0.717) is 5.56 Å². The molecule has 0 atom stereocenters.